The predicted molar refractivity (Wildman–Crippen MR) is 231 cm³/mol. The summed E-state index contributed by atoms with van der Waals surface area (Å²) in [4.78, 5) is 1.21. The van der Waals surface area contributed by atoms with Gasteiger partial charge in [0.2, 0.25) is 0 Å². The van der Waals surface area contributed by atoms with E-state index in [1.165, 1.54) is 15.0 Å². The lowest BCUT2D eigenvalue weighted by Gasteiger charge is -2.46. The summed E-state index contributed by atoms with van der Waals surface area (Å²) in [6.07, 6.45) is -2.29. The van der Waals surface area contributed by atoms with Gasteiger partial charge < -0.3 is 28.4 Å². The van der Waals surface area contributed by atoms with Crippen molar-refractivity contribution in [1.82, 2.24) is 0 Å². The van der Waals surface area contributed by atoms with E-state index >= 15 is 0 Å². The van der Waals surface area contributed by atoms with Crippen LogP contribution in [0.3, 0.4) is 0 Å². The summed E-state index contributed by atoms with van der Waals surface area (Å²) in [5.74, 6) is 0.609. The molecule has 1 aliphatic rings. The number of fused-ring (bicyclic) bond motifs is 1. The second-order valence-corrected chi connectivity index (χ2v) is 16.1. The van der Waals surface area contributed by atoms with Gasteiger partial charge in [-0.2, -0.15) is 0 Å². The minimum absolute atomic E-state index is 0.256. The smallest absolute Gasteiger partial charge is 0.126 e. The van der Waals surface area contributed by atoms with Gasteiger partial charge in [-0.25, -0.2) is 0 Å². The number of hydrogen-bond donors (Lipinski definition) is 0. The summed E-state index contributed by atoms with van der Waals surface area (Å²) in [7, 11) is 1.67. The molecule has 0 bridgehead atoms. The highest BCUT2D eigenvalue weighted by atomic mass is 35.5. The van der Waals surface area contributed by atoms with Crippen molar-refractivity contribution < 1.29 is 28.4 Å². The highest BCUT2D eigenvalue weighted by Crippen LogP contribution is 2.44. The van der Waals surface area contributed by atoms with E-state index in [0.717, 1.165) is 33.4 Å². The molecule has 0 spiro atoms. The molecule has 0 radical (unpaired) electrons. The Hall–Kier alpha value is -4.83. The Morgan fingerprint density at radius 3 is 1.66 bits per heavy atom. The molecule has 1 saturated heterocycles. The van der Waals surface area contributed by atoms with Crippen LogP contribution >= 0.6 is 22.9 Å². The highest BCUT2D eigenvalue weighted by Gasteiger charge is 2.50. The molecular formula is C50H47ClO6S. The molecule has 6 nitrogen and oxygen atoms in total. The number of rotatable bonds is 17. The van der Waals surface area contributed by atoms with E-state index in [4.69, 9.17) is 40.0 Å². The van der Waals surface area contributed by atoms with Gasteiger partial charge in [-0.15, -0.1) is 11.3 Å². The first-order valence-corrected chi connectivity index (χ1v) is 20.9. The van der Waals surface area contributed by atoms with Crippen molar-refractivity contribution in [2.24, 2.45) is 0 Å². The van der Waals surface area contributed by atoms with Crippen molar-refractivity contribution in [3.8, 4) is 5.75 Å². The van der Waals surface area contributed by atoms with Crippen LogP contribution in [-0.4, -0.2) is 38.1 Å². The highest BCUT2D eigenvalue weighted by molar-refractivity contribution is 7.19. The third kappa shape index (κ3) is 10.1. The average molecular weight is 811 g/mol. The monoisotopic (exact) mass is 810 g/mol. The van der Waals surface area contributed by atoms with Crippen molar-refractivity contribution in [2.75, 3.05) is 13.7 Å². The van der Waals surface area contributed by atoms with Gasteiger partial charge in [0, 0.05) is 26.6 Å². The molecule has 296 valence electrons. The Balaban J connectivity index is 1.20. The molecule has 0 aliphatic carbocycles. The van der Waals surface area contributed by atoms with Crippen LogP contribution in [-0.2, 0) is 56.5 Å². The van der Waals surface area contributed by atoms with Gasteiger partial charge in [0.05, 0.1) is 40.1 Å². The number of hydrogen-bond acceptors (Lipinski definition) is 7. The first kappa shape index (κ1) is 40.0. The molecule has 0 saturated carbocycles. The van der Waals surface area contributed by atoms with Crippen molar-refractivity contribution in [1.29, 1.82) is 0 Å². The van der Waals surface area contributed by atoms with Crippen LogP contribution in [0.5, 0.6) is 5.75 Å². The quantitative estimate of drug-likeness (QED) is 0.0913. The zero-order valence-electron chi connectivity index (χ0n) is 32.5. The summed E-state index contributed by atoms with van der Waals surface area (Å²) in [5, 5.41) is 1.84. The van der Waals surface area contributed by atoms with Gasteiger partial charge >= 0.3 is 0 Å². The molecule has 2 heterocycles. The van der Waals surface area contributed by atoms with Gasteiger partial charge in [0.1, 0.15) is 36.3 Å². The van der Waals surface area contributed by atoms with E-state index in [1.54, 1.807) is 18.4 Å². The standard InChI is InChI=1S/C50H47ClO6S/c1-52-44-29-43(51)40(27-41-26-39-24-14-15-25-46(39)58-41)28-42(44)47-49(55-32-37-20-10-4-11-21-37)50(56-33-38-22-12-5-13-23-38)48(54-31-36-18-8-3-9-19-36)45(57-47)34-53-30-35-16-6-2-7-17-35/h2-26,28-29,45,47-50H,27,30-34H2,1H3/t45-,47+,48-,49+,50+/m1/s1. The number of ether oxygens (including phenoxy) is 6. The summed E-state index contributed by atoms with van der Waals surface area (Å²) in [6, 6.07) is 55.4. The van der Waals surface area contributed by atoms with Crippen LogP contribution in [0.1, 0.15) is 44.4 Å². The Morgan fingerprint density at radius 2 is 1.09 bits per heavy atom. The number of methoxy groups -OCH3 is 1. The van der Waals surface area contributed by atoms with Crippen LogP contribution in [0.15, 0.2) is 164 Å². The topological polar surface area (TPSA) is 55.4 Å². The zero-order valence-corrected chi connectivity index (χ0v) is 34.0. The van der Waals surface area contributed by atoms with E-state index in [2.05, 4.69) is 84.9 Å². The van der Waals surface area contributed by atoms with E-state index < -0.39 is 30.5 Å². The lowest BCUT2D eigenvalue weighted by molar-refractivity contribution is -0.275. The SMILES string of the molecule is COc1cc(Cl)c(Cc2cc3ccccc3s2)cc1[C@@H]1O[C@H](COCc2ccccc2)[C@@H](OCc2ccccc2)[C@H](OCc2ccccc2)[C@H]1OCc1ccccc1. The van der Waals surface area contributed by atoms with E-state index in [0.29, 0.717) is 43.6 Å². The van der Waals surface area contributed by atoms with Crippen LogP contribution in [0, 0.1) is 0 Å². The zero-order chi connectivity index (χ0) is 39.5. The van der Waals surface area contributed by atoms with Gasteiger partial charge in [-0.1, -0.05) is 151 Å². The van der Waals surface area contributed by atoms with Crippen LogP contribution in [0.4, 0.5) is 0 Å². The van der Waals surface area contributed by atoms with Crippen LogP contribution in [0.25, 0.3) is 10.1 Å². The van der Waals surface area contributed by atoms with Gasteiger partial charge in [0.15, 0.2) is 0 Å². The first-order valence-electron chi connectivity index (χ1n) is 19.7. The molecule has 8 heteroatoms. The number of thiophene rings is 1. The van der Waals surface area contributed by atoms with E-state index in [9.17, 15) is 0 Å². The number of halogens is 1. The van der Waals surface area contributed by atoms with Crippen molar-refractivity contribution in [3.63, 3.8) is 0 Å². The molecule has 8 rings (SSSR count). The molecule has 6 aromatic carbocycles. The predicted octanol–water partition coefficient (Wildman–Crippen LogP) is 11.6. The fourth-order valence-electron chi connectivity index (χ4n) is 7.50. The summed E-state index contributed by atoms with van der Waals surface area (Å²) in [5.41, 5.74) is 5.98. The van der Waals surface area contributed by atoms with E-state index in [-0.39, 0.29) is 6.61 Å². The third-order valence-corrected chi connectivity index (χ3v) is 11.9. The largest absolute Gasteiger partial charge is 0.496 e. The Bertz CT molecular complexity index is 2290. The van der Waals surface area contributed by atoms with Crippen molar-refractivity contribution in [2.45, 2.75) is 63.4 Å². The molecular weight excluding hydrogens is 764 g/mol. The molecule has 0 amide bonds. The summed E-state index contributed by atoms with van der Waals surface area (Å²) < 4.78 is 42.0. The molecule has 0 unspecified atom stereocenters. The first-order chi connectivity index (χ1) is 28.6. The Kier molecular flexibility index (Phi) is 13.6. The minimum Gasteiger partial charge on any atom is -0.496 e. The fraction of sp³-hybridized carbons (Fsp3) is 0.240. The normalized spacial score (nSPS) is 19.3. The molecule has 5 atom stereocenters. The number of benzene rings is 6. The summed E-state index contributed by atoms with van der Waals surface area (Å²) in [6.45, 7) is 1.72. The Labute approximate surface area is 349 Å². The lowest BCUT2D eigenvalue weighted by Crippen LogP contribution is -2.58. The summed E-state index contributed by atoms with van der Waals surface area (Å²) >= 11 is 8.83. The van der Waals surface area contributed by atoms with Gasteiger partial charge in [-0.3, -0.25) is 0 Å². The van der Waals surface area contributed by atoms with Crippen molar-refractivity contribution >= 4 is 33.0 Å². The molecule has 58 heavy (non-hydrogen) atoms. The molecule has 1 aromatic heterocycles. The second-order valence-electron chi connectivity index (χ2n) is 14.5. The third-order valence-electron chi connectivity index (χ3n) is 10.4. The maximum Gasteiger partial charge on any atom is 0.126 e. The Morgan fingerprint density at radius 1 is 0.569 bits per heavy atom. The fourth-order valence-corrected chi connectivity index (χ4v) is 8.81. The van der Waals surface area contributed by atoms with Crippen LogP contribution < -0.4 is 4.74 Å². The molecule has 7 aromatic rings. The maximum atomic E-state index is 7.25. The van der Waals surface area contributed by atoms with E-state index in [1.807, 2.05) is 78.9 Å². The van der Waals surface area contributed by atoms with Gasteiger partial charge in [-0.05, 0) is 57.5 Å². The molecule has 1 aliphatic heterocycles. The maximum absolute atomic E-state index is 7.25. The van der Waals surface area contributed by atoms with Crippen LogP contribution in [0.2, 0.25) is 5.02 Å². The lowest BCUT2D eigenvalue weighted by atomic mass is 9.89. The average Bonchev–Trinajstić information content (AvgIpc) is 3.69. The van der Waals surface area contributed by atoms with Crippen molar-refractivity contribution in [3.05, 3.63) is 207 Å². The van der Waals surface area contributed by atoms with Gasteiger partial charge in [0.25, 0.3) is 0 Å². The molecule has 1 fully saturated rings. The minimum atomic E-state index is -0.639. The second kappa shape index (κ2) is 19.7. The molecule has 0 N–H and O–H groups in total.